The van der Waals surface area contributed by atoms with Gasteiger partial charge in [0.2, 0.25) is 10.0 Å². The highest BCUT2D eigenvalue weighted by molar-refractivity contribution is 7.92. The highest BCUT2D eigenvalue weighted by atomic mass is 32.2. The lowest BCUT2D eigenvalue weighted by Crippen LogP contribution is -2.37. The van der Waals surface area contributed by atoms with Crippen molar-refractivity contribution in [1.82, 2.24) is 9.97 Å². The molecule has 2 aromatic rings. The molecule has 1 aromatic carbocycles. The Labute approximate surface area is 140 Å². The zero-order valence-electron chi connectivity index (χ0n) is 12.5. The first kappa shape index (κ1) is 19.0. The standard InChI is InChI=1S/C14H12F5N3O2S/c15-12(16)8-22(13-7-20-5-6-21-13)25(23,24)9-10-3-1-2-4-11(10)14(17,18)19/h1-7,12H,8-9H2. The van der Waals surface area contributed by atoms with Crippen LogP contribution in [-0.2, 0) is 22.0 Å². The van der Waals surface area contributed by atoms with Gasteiger partial charge in [0.05, 0.1) is 24.1 Å². The van der Waals surface area contributed by atoms with E-state index < -0.39 is 51.9 Å². The molecule has 1 heterocycles. The fourth-order valence-corrected chi connectivity index (χ4v) is 3.61. The topological polar surface area (TPSA) is 63.2 Å². The first-order chi connectivity index (χ1) is 11.6. The molecule has 0 N–H and O–H groups in total. The van der Waals surface area contributed by atoms with Gasteiger partial charge < -0.3 is 0 Å². The molecule has 0 aliphatic heterocycles. The maximum Gasteiger partial charge on any atom is 0.416 e. The van der Waals surface area contributed by atoms with Gasteiger partial charge in [-0.3, -0.25) is 4.98 Å². The molecular weight excluding hydrogens is 369 g/mol. The zero-order valence-corrected chi connectivity index (χ0v) is 13.3. The summed E-state index contributed by atoms with van der Waals surface area (Å²) in [6, 6.07) is 4.06. The van der Waals surface area contributed by atoms with Gasteiger partial charge in [-0.2, -0.15) is 13.2 Å². The van der Waals surface area contributed by atoms with Crippen molar-refractivity contribution in [2.45, 2.75) is 18.4 Å². The quantitative estimate of drug-likeness (QED) is 0.722. The molecule has 0 fully saturated rings. The Hall–Kier alpha value is -2.30. The molecule has 0 atom stereocenters. The molecule has 0 saturated carbocycles. The van der Waals surface area contributed by atoms with E-state index >= 15 is 0 Å². The van der Waals surface area contributed by atoms with Crippen LogP contribution in [0, 0.1) is 0 Å². The molecule has 136 valence electrons. The summed E-state index contributed by atoms with van der Waals surface area (Å²) in [4.78, 5) is 7.24. The SMILES string of the molecule is O=S(=O)(Cc1ccccc1C(F)(F)F)N(CC(F)F)c1cnccn1. The minimum absolute atomic E-state index is 0.262. The highest BCUT2D eigenvalue weighted by Crippen LogP contribution is 2.33. The Morgan fingerprint density at radius 1 is 1.12 bits per heavy atom. The summed E-state index contributed by atoms with van der Waals surface area (Å²) < 4.78 is 89.8. The first-order valence-corrected chi connectivity index (χ1v) is 8.42. The normalized spacial score (nSPS) is 12.4. The number of nitrogens with zero attached hydrogens (tertiary/aromatic N) is 3. The molecule has 25 heavy (non-hydrogen) atoms. The van der Waals surface area contributed by atoms with E-state index in [9.17, 15) is 30.4 Å². The number of halogens is 5. The third-order valence-corrected chi connectivity index (χ3v) is 4.79. The largest absolute Gasteiger partial charge is 0.416 e. The number of rotatable bonds is 6. The third-order valence-electron chi connectivity index (χ3n) is 3.11. The Morgan fingerprint density at radius 3 is 2.36 bits per heavy atom. The number of sulfonamides is 1. The van der Waals surface area contributed by atoms with Crippen molar-refractivity contribution < 1.29 is 30.4 Å². The number of benzene rings is 1. The average Bonchev–Trinajstić information content (AvgIpc) is 2.52. The number of hydrogen-bond acceptors (Lipinski definition) is 4. The van der Waals surface area contributed by atoms with Crippen LogP contribution in [0.5, 0.6) is 0 Å². The third kappa shape index (κ3) is 4.84. The predicted octanol–water partition coefficient (Wildman–Crippen LogP) is 3.10. The van der Waals surface area contributed by atoms with Crippen LogP contribution in [0.25, 0.3) is 0 Å². The monoisotopic (exact) mass is 381 g/mol. The lowest BCUT2D eigenvalue weighted by atomic mass is 10.1. The molecule has 0 unspecified atom stereocenters. The molecule has 0 aliphatic carbocycles. The maximum atomic E-state index is 13.0. The Kier molecular flexibility index (Phi) is 5.55. The minimum atomic E-state index is -4.77. The summed E-state index contributed by atoms with van der Waals surface area (Å²) in [5.41, 5.74) is -1.69. The van der Waals surface area contributed by atoms with E-state index in [1.54, 1.807) is 0 Å². The van der Waals surface area contributed by atoms with Crippen LogP contribution < -0.4 is 4.31 Å². The molecule has 11 heteroatoms. The van der Waals surface area contributed by atoms with Crippen LogP contribution >= 0.6 is 0 Å². The molecule has 0 spiro atoms. The Balaban J connectivity index is 2.43. The molecule has 0 bridgehead atoms. The lowest BCUT2D eigenvalue weighted by molar-refractivity contribution is -0.138. The number of alkyl halides is 5. The number of aromatic nitrogens is 2. The van der Waals surface area contributed by atoms with Crippen molar-refractivity contribution in [3.05, 3.63) is 54.0 Å². The molecule has 0 aliphatic rings. The zero-order chi connectivity index (χ0) is 18.7. The number of hydrogen-bond donors (Lipinski definition) is 0. The number of anilines is 1. The fourth-order valence-electron chi connectivity index (χ4n) is 2.09. The van der Waals surface area contributed by atoms with E-state index in [2.05, 4.69) is 9.97 Å². The van der Waals surface area contributed by atoms with Crippen molar-refractivity contribution in [2.24, 2.45) is 0 Å². The van der Waals surface area contributed by atoms with Crippen LogP contribution in [0.2, 0.25) is 0 Å². The molecule has 0 radical (unpaired) electrons. The molecule has 2 rings (SSSR count). The van der Waals surface area contributed by atoms with Crippen molar-refractivity contribution in [1.29, 1.82) is 0 Å². The molecule has 0 amide bonds. The summed E-state index contributed by atoms with van der Waals surface area (Å²) in [5.74, 6) is -1.50. The summed E-state index contributed by atoms with van der Waals surface area (Å²) in [6.45, 7) is -1.24. The van der Waals surface area contributed by atoms with E-state index in [1.165, 1.54) is 12.3 Å². The van der Waals surface area contributed by atoms with Gasteiger partial charge in [0.1, 0.15) is 0 Å². The van der Waals surface area contributed by atoms with Crippen molar-refractivity contribution >= 4 is 15.8 Å². The summed E-state index contributed by atoms with van der Waals surface area (Å²) in [5, 5.41) is 0. The fraction of sp³-hybridized carbons (Fsp3) is 0.286. The molecular formula is C14H12F5N3O2S. The van der Waals surface area contributed by atoms with Crippen LogP contribution in [0.3, 0.4) is 0 Å². The second kappa shape index (κ2) is 7.30. The van der Waals surface area contributed by atoms with Gasteiger partial charge in [-0.25, -0.2) is 26.5 Å². The molecule has 1 aromatic heterocycles. The highest BCUT2D eigenvalue weighted by Gasteiger charge is 2.35. The van der Waals surface area contributed by atoms with Crippen molar-refractivity contribution in [2.75, 3.05) is 10.8 Å². The van der Waals surface area contributed by atoms with E-state index in [0.717, 1.165) is 30.6 Å². The van der Waals surface area contributed by atoms with E-state index in [4.69, 9.17) is 0 Å². The first-order valence-electron chi connectivity index (χ1n) is 6.81. The second-order valence-electron chi connectivity index (χ2n) is 4.90. The minimum Gasteiger partial charge on any atom is -0.259 e. The van der Waals surface area contributed by atoms with Gasteiger partial charge in [0, 0.05) is 12.4 Å². The van der Waals surface area contributed by atoms with Crippen LogP contribution in [0.15, 0.2) is 42.9 Å². The van der Waals surface area contributed by atoms with Gasteiger partial charge in [-0.1, -0.05) is 18.2 Å². The van der Waals surface area contributed by atoms with Gasteiger partial charge >= 0.3 is 6.18 Å². The van der Waals surface area contributed by atoms with E-state index in [1.807, 2.05) is 0 Å². The second-order valence-corrected chi connectivity index (χ2v) is 6.79. The lowest BCUT2D eigenvalue weighted by Gasteiger charge is -2.23. The van der Waals surface area contributed by atoms with Gasteiger partial charge in [-0.05, 0) is 11.6 Å². The van der Waals surface area contributed by atoms with Crippen LogP contribution in [0.4, 0.5) is 27.8 Å². The summed E-state index contributed by atoms with van der Waals surface area (Å²) >= 11 is 0. The maximum absolute atomic E-state index is 13.0. The van der Waals surface area contributed by atoms with Crippen molar-refractivity contribution in [3.8, 4) is 0 Å². The van der Waals surface area contributed by atoms with E-state index in [-0.39, 0.29) is 4.31 Å². The van der Waals surface area contributed by atoms with Gasteiger partial charge in [-0.15, -0.1) is 0 Å². The smallest absolute Gasteiger partial charge is 0.259 e. The molecule has 0 saturated heterocycles. The van der Waals surface area contributed by atoms with Crippen LogP contribution in [-0.4, -0.2) is 31.4 Å². The Morgan fingerprint density at radius 2 is 1.80 bits per heavy atom. The van der Waals surface area contributed by atoms with Gasteiger partial charge in [0.25, 0.3) is 6.43 Å². The van der Waals surface area contributed by atoms with E-state index in [0.29, 0.717) is 0 Å². The predicted molar refractivity (Wildman–Crippen MR) is 79.4 cm³/mol. The molecule has 5 nitrogen and oxygen atoms in total. The van der Waals surface area contributed by atoms with Gasteiger partial charge in [0.15, 0.2) is 5.82 Å². The summed E-state index contributed by atoms with van der Waals surface area (Å²) in [6.07, 6.45) is -4.58. The Bertz CT molecular complexity index is 813. The summed E-state index contributed by atoms with van der Waals surface area (Å²) in [7, 11) is -4.56. The van der Waals surface area contributed by atoms with Crippen LogP contribution in [0.1, 0.15) is 11.1 Å². The van der Waals surface area contributed by atoms with Crippen molar-refractivity contribution in [3.63, 3.8) is 0 Å². The average molecular weight is 381 g/mol.